The zero-order valence-electron chi connectivity index (χ0n) is 15.5. The molecular weight excluding hydrogens is 401 g/mol. The lowest BCUT2D eigenvalue weighted by Gasteiger charge is -2.09. The second kappa shape index (κ2) is 9.89. The molecule has 2 amide bonds. The van der Waals surface area contributed by atoms with Crippen molar-refractivity contribution in [1.82, 2.24) is 25.4 Å². The third-order valence-corrected chi connectivity index (χ3v) is 5.22. The number of halogens is 2. The predicted octanol–water partition coefficient (Wildman–Crippen LogP) is 2.79. The molecule has 2 heterocycles. The second-order valence-corrected chi connectivity index (χ2v) is 7.60. The maximum absolute atomic E-state index is 12.1. The maximum Gasteiger partial charge on any atom is 0.253 e. The van der Waals surface area contributed by atoms with E-state index in [1.54, 1.807) is 6.07 Å². The van der Waals surface area contributed by atoms with Crippen LogP contribution in [0.4, 0.5) is 0 Å². The number of aromatic nitrogens is 3. The van der Waals surface area contributed by atoms with Crippen molar-refractivity contribution in [3.05, 3.63) is 45.5 Å². The molecule has 3 rings (SSSR count). The van der Waals surface area contributed by atoms with Gasteiger partial charge in [-0.2, -0.15) is 0 Å². The van der Waals surface area contributed by atoms with Crippen LogP contribution >= 0.6 is 23.2 Å². The minimum absolute atomic E-state index is 0.113. The Hall–Kier alpha value is -2.12. The molecule has 7 nitrogen and oxygen atoms in total. The standard InChI is InChI=1S/C19H23Cl2N5O2/c20-13-7-8-14(15(21)11-13)19(28)23-12-18(27)22-9-4-6-17-25-24-16-5-2-1-3-10-26(16)17/h7-8,11H,1-6,9-10,12H2,(H,22,27)(H,23,28). The Morgan fingerprint density at radius 2 is 1.96 bits per heavy atom. The summed E-state index contributed by atoms with van der Waals surface area (Å²) in [5, 5.41) is 14.6. The van der Waals surface area contributed by atoms with Gasteiger partial charge in [0.25, 0.3) is 5.91 Å². The number of nitrogens with zero attached hydrogens (tertiary/aromatic N) is 3. The van der Waals surface area contributed by atoms with Crippen molar-refractivity contribution in [1.29, 1.82) is 0 Å². The van der Waals surface area contributed by atoms with Gasteiger partial charge in [0, 0.05) is 31.0 Å². The lowest BCUT2D eigenvalue weighted by Crippen LogP contribution is -2.37. The number of aryl methyl sites for hydroxylation is 2. The van der Waals surface area contributed by atoms with E-state index in [1.807, 2.05) is 0 Å². The molecule has 1 aliphatic rings. The van der Waals surface area contributed by atoms with E-state index in [0.29, 0.717) is 11.6 Å². The Morgan fingerprint density at radius 1 is 1.11 bits per heavy atom. The van der Waals surface area contributed by atoms with Crippen molar-refractivity contribution in [3.8, 4) is 0 Å². The van der Waals surface area contributed by atoms with Gasteiger partial charge in [-0.15, -0.1) is 10.2 Å². The first kappa shape index (κ1) is 20.6. The van der Waals surface area contributed by atoms with Crippen LogP contribution in [0.25, 0.3) is 0 Å². The number of hydrogen-bond acceptors (Lipinski definition) is 4. The molecule has 0 atom stereocenters. The van der Waals surface area contributed by atoms with Crippen molar-refractivity contribution in [2.24, 2.45) is 0 Å². The average Bonchev–Trinajstić information content (AvgIpc) is 2.89. The van der Waals surface area contributed by atoms with Crippen molar-refractivity contribution >= 4 is 35.0 Å². The summed E-state index contributed by atoms with van der Waals surface area (Å²) in [5.74, 6) is 1.39. The summed E-state index contributed by atoms with van der Waals surface area (Å²) in [6.07, 6.45) is 6.07. The number of carbonyl (C=O) groups is 2. The lowest BCUT2D eigenvalue weighted by molar-refractivity contribution is -0.120. The molecule has 0 radical (unpaired) electrons. The van der Waals surface area contributed by atoms with Crippen LogP contribution in [-0.4, -0.2) is 39.7 Å². The van der Waals surface area contributed by atoms with E-state index in [2.05, 4.69) is 25.4 Å². The molecule has 0 bridgehead atoms. The molecular formula is C19H23Cl2N5O2. The maximum atomic E-state index is 12.1. The van der Waals surface area contributed by atoms with Crippen LogP contribution in [0.2, 0.25) is 10.0 Å². The van der Waals surface area contributed by atoms with Gasteiger partial charge in [0.2, 0.25) is 5.91 Å². The quantitative estimate of drug-likeness (QED) is 0.669. The first-order valence-electron chi connectivity index (χ1n) is 9.45. The topological polar surface area (TPSA) is 88.9 Å². The molecule has 2 aromatic rings. The van der Waals surface area contributed by atoms with Crippen LogP contribution in [-0.2, 0) is 24.2 Å². The van der Waals surface area contributed by atoms with E-state index in [0.717, 1.165) is 43.9 Å². The Balaban J connectivity index is 1.38. The molecule has 9 heteroatoms. The van der Waals surface area contributed by atoms with Crippen molar-refractivity contribution < 1.29 is 9.59 Å². The van der Waals surface area contributed by atoms with Gasteiger partial charge in [0.05, 0.1) is 17.1 Å². The predicted molar refractivity (Wildman–Crippen MR) is 108 cm³/mol. The smallest absolute Gasteiger partial charge is 0.253 e. The molecule has 0 saturated heterocycles. The Labute approximate surface area is 173 Å². The highest BCUT2D eigenvalue weighted by Gasteiger charge is 2.15. The number of carbonyl (C=O) groups excluding carboxylic acids is 2. The third kappa shape index (κ3) is 5.45. The van der Waals surface area contributed by atoms with Crippen LogP contribution < -0.4 is 10.6 Å². The first-order valence-corrected chi connectivity index (χ1v) is 10.2. The van der Waals surface area contributed by atoms with E-state index in [9.17, 15) is 9.59 Å². The van der Waals surface area contributed by atoms with Crippen LogP contribution in [0.1, 0.15) is 47.7 Å². The number of amides is 2. The van der Waals surface area contributed by atoms with E-state index >= 15 is 0 Å². The number of fused-ring (bicyclic) bond motifs is 1. The number of rotatable bonds is 7. The molecule has 0 saturated carbocycles. The highest BCUT2D eigenvalue weighted by Crippen LogP contribution is 2.20. The molecule has 0 fully saturated rings. The zero-order valence-corrected chi connectivity index (χ0v) is 17.0. The number of nitrogens with one attached hydrogen (secondary N) is 2. The van der Waals surface area contributed by atoms with Gasteiger partial charge in [-0.05, 0) is 37.5 Å². The summed E-state index contributed by atoms with van der Waals surface area (Å²) in [7, 11) is 0. The summed E-state index contributed by atoms with van der Waals surface area (Å²) in [5.41, 5.74) is 0.284. The minimum Gasteiger partial charge on any atom is -0.355 e. The largest absolute Gasteiger partial charge is 0.355 e. The average molecular weight is 424 g/mol. The summed E-state index contributed by atoms with van der Waals surface area (Å²) < 4.78 is 2.21. The van der Waals surface area contributed by atoms with Crippen molar-refractivity contribution in [3.63, 3.8) is 0 Å². The van der Waals surface area contributed by atoms with E-state index < -0.39 is 5.91 Å². The van der Waals surface area contributed by atoms with E-state index in [1.165, 1.54) is 25.0 Å². The van der Waals surface area contributed by atoms with Gasteiger partial charge in [0.1, 0.15) is 11.6 Å². The molecule has 1 aromatic carbocycles. The molecule has 0 unspecified atom stereocenters. The fourth-order valence-electron chi connectivity index (χ4n) is 3.20. The Bertz CT molecular complexity index is 853. The highest BCUT2D eigenvalue weighted by molar-refractivity contribution is 6.36. The monoisotopic (exact) mass is 423 g/mol. The van der Waals surface area contributed by atoms with Crippen molar-refractivity contribution in [2.45, 2.75) is 45.1 Å². The van der Waals surface area contributed by atoms with Gasteiger partial charge < -0.3 is 15.2 Å². The molecule has 2 N–H and O–H groups in total. The van der Waals surface area contributed by atoms with Gasteiger partial charge in [-0.3, -0.25) is 9.59 Å². The number of benzene rings is 1. The fraction of sp³-hybridized carbons (Fsp3) is 0.474. The fourth-order valence-corrected chi connectivity index (χ4v) is 3.69. The van der Waals surface area contributed by atoms with E-state index in [4.69, 9.17) is 23.2 Å². The normalized spacial score (nSPS) is 13.5. The van der Waals surface area contributed by atoms with Crippen LogP contribution in [0.15, 0.2) is 18.2 Å². The van der Waals surface area contributed by atoms with Gasteiger partial charge in [-0.1, -0.05) is 29.6 Å². The minimum atomic E-state index is -0.414. The number of hydrogen-bond donors (Lipinski definition) is 2. The third-order valence-electron chi connectivity index (χ3n) is 4.67. The Kier molecular flexibility index (Phi) is 7.28. The first-order chi connectivity index (χ1) is 13.5. The summed E-state index contributed by atoms with van der Waals surface area (Å²) >= 11 is 11.8. The molecule has 1 aromatic heterocycles. The second-order valence-electron chi connectivity index (χ2n) is 6.76. The summed E-state index contributed by atoms with van der Waals surface area (Å²) in [6.45, 7) is 1.38. The van der Waals surface area contributed by atoms with Gasteiger partial charge in [0.15, 0.2) is 0 Å². The molecule has 28 heavy (non-hydrogen) atoms. The lowest BCUT2D eigenvalue weighted by atomic mass is 10.2. The summed E-state index contributed by atoms with van der Waals surface area (Å²) in [6, 6.07) is 4.59. The van der Waals surface area contributed by atoms with Gasteiger partial charge in [-0.25, -0.2) is 0 Å². The van der Waals surface area contributed by atoms with Crippen molar-refractivity contribution in [2.75, 3.05) is 13.1 Å². The van der Waals surface area contributed by atoms with Crippen LogP contribution in [0.5, 0.6) is 0 Å². The van der Waals surface area contributed by atoms with Crippen LogP contribution in [0, 0.1) is 0 Å². The molecule has 0 aliphatic carbocycles. The van der Waals surface area contributed by atoms with Gasteiger partial charge >= 0.3 is 0 Å². The van der Waals surface area contributed by atoms with Crippen LogP contribution in [0.3, 0.4) is 0 Å². The molecule has 1 aliphatic heterocycles. The molecule has 150 valence electrons. The highest BCUT2D eigenvalue weighted by atomic mass is 35.5. The Morgan fingerprint density at radius 3 is 2.79 bits per heavy atom. The zero-order chi connectivity index (χ0) is 19.9. The summed E-state index contributed by atoms with van der Waals surface area (Å²) in [4.78, 5) is 24.0. The SMILES string of the molecule is O=C(CNC(=O)c1ccc(Cl)cc1Cl)NCCCc1nnc2n1CCCCC2. The van der Waals surface area contributed by atoms with E-state index in [-0.39, 0.29) is 23.0 Å². The molecule has 0 spiro atoms.